The minimum atomic E-state index is -3.15. The van der Waals surface area contributed by atoms with Gasteiger partial charge in [0.1, 0.15) is 12.4 Å². The first kappa shape index (κ1) is 14.1. The Bertz CT molecular complexity index is 713. The van der Waals surface area contributed by atoms with Crippen molar-refractivity contribution < 1.29 is 13.2 Å². The highest BCUT2D eigenvalue weighted by Crippen LogP contribution is 2.32. The monoisotopic (exact) mass is 303 g/mol. The molecule has 1 aliphatic heterocycles. The SMILES string of the molecule is O=S1(=O)CC(NCCOc2ccccc2)c2ccccc21. The van der Waals surface area contributed by atoms with Crippen molar-refractivity contribution in [3.8, 4) is 5.75 Å². The highest BCUT2D eigenvalue weighted by atomic mass is 32.2. The lowest BCUT2D eigenvalue weighted by Gasteiger charge is -2.13. The third kappa shape index (κ3) is 3.09. The number of hydrogen-bond donors (Lipinski definition) is 1. The lowest BCUT2D eigenvalue weighted by Crippen LogP contribution is -2.27. The normalized spacial score (nSPS) is 19.1. The van der Waals surface area contributed by atoms with Crippen molar-refractivity contribution in [2.75, 3.05) is 18.9 Å². The lowest BCUT2D eigenvalue weighted by molar-refractivity contribution is 0.308. The Kier molecular flexibility index (Phi) is 3.94. The van der Waals surface area contributed by atoms with Gasteiger partial charge in [-0.1, -0.05) is 36.4 Å². The predicted molar refractivity (Wildman–Crippen MR) is 81.2 cm³/mol. The fraction of sp³-hybridized carbons (Fsp3) is 0.250. The van der Waals surface area contributed by atoms with Crippen LogP contribution in [-0.4, -0.2) is 27.3 Å². The topological polar surface area (TPSA) is 55.4 Å². The Morgan fingerprint density at radius 3 is 2.57 bits per heavy atom. The van der Waals surface area contributed by atoms with Crippen LogP contribution in [-0.2, 0) is 9.84 Å². The van der Waals surface area contributed by atoms with E-state index in [1.165, 1.54) is 0 Å². The van der Waals surface area contributed by atoms with Gasteiger partial charge in [-0.05, 0) is 23.8 Å². The maximum absolute atomic E-state index is 12.0. The molecule has 2 aromatic rings. The molecule has 1 atom stereocenters. The summed E-state index contributed by atoms with van der Waals surface area (Å²) in [5.74, 6) is 0.941. The minimum Gasteiger partial charge on any atom is -0.492 e. The van der Waals surface area contributed by atoms with Gasteiger partial charge < -0.3 is 10.1 Å². The van der Waals surface area contributed by atoms with E-state index < -0.39 is 9.84 Å². The molecule has 1 unspecified atom stereocenters. The van der Waals surface area contributed by atoms with Crippen LogP contribution in [0.1, 0.15) is 11.6 Å². The number of nitrogens with one attached hydrogen (secondary N) is 1. The highest BCUT2D eigenvalue weighted by molar-refractivity contribution is 7.91. The summed E-state index contributed by atoms with van der Waals surface area (Å²) in [6.45, 7) is 1.10. The van der Waals surface area contributed by atoms with Crippen LogP contribution in [0, 0.1) is 0 Å². The minimum absolute atomic E-state index is 0.123. The number of benzene rings is 2. The molecule has 1 aliphatic rings. The van der Waals surface area contributed by atoms with E-state index in [0.29, 0.717) is 18.0 Å². The maximum atomic E-state index is 12.0. The molecular weight excluding hydrogens is 286 g/mol. The molecule has 0 amide bonds. The smallest absolute Gasteiger partial charge is 0.180 e. The second kappa shape index (κ2) is 5.87. The van der Waals surface area contributed by atoms with E-state index in [9.17, 15) is 8.42 Å². The standard InChI is InChI=1S/C16H17NO3S/c18-21(19)12-15(14-8-4-5-9-16(14)21)17-10-11-20-13-6-2-1-3-7-13/h1-9,15,17H,10-12H2. The highest BCUT2D eigenvalue weighted by Gasteiger charge is 2.33. The quantitative estimate of drug-likeness (QED) is 0.860. The number of ether oxygens (including phenoxy) is 1. The van der Waals surface area contributed by atoms with Gasteiger partial charge in [0.2, 0.25) is 0 Å². The predicted octanol–water partition coefficient (Wildman–Crippen LogP) is 2.18. The van der Waals surface area contributed by atoms with Crippen LogP contribution < -0.4 is 10.1 Å². The van der Waals surface area contributed by atoms with Gasteiger partial charge in [-0.15, -0.1) is 0 Å². The molecule has 1 N–H and O–H groups in total. The van der Waals surface area contributed by atoms with Crippen LogP contribution in [0.2, 0.25) is 0 Å². The molecule has 2 aromatic carbocycles. The summed E-state index contributed by atoms with van der Waals surface area (Å²) < 4.78 is 29.7. The Hall–Kier alpha value is -1.85. The molecule has 0 saturated heterocycles. The summed E-state index contributed by atoms with van der Waals surface area (Å²) in [6.07, 6.45) is 0. The van der Waals surface area contributed by atoms with Crippen LogP contribution in [0.3, 0.4) is 0 Å². The Labute approximate surface area is 124 Å². The molecule has 0 radical (unpaired) electrons. The van der Waals surface area contributed by atoms with Crippen LogP contribution in [0.4, 0.5) is 0 Å². The van der Waals surface area contributed by atoms with Crippen LogP contribution in [0.15, 0.2) is 59.5 Å². The molecule has 3 rings (SSSR count). The van der Waals surface area contributed by atoms with E-state index in [1.807, 2.05) is 42.5 Å². The van der Waals surface area contributed by atoms with Gasteiger partial charge >= 0.3 is 0 Å². The number of rotatable bonds is 5. The average molecular weight is 303 g/mol. The third-order valence-corrected chi connectivity index (χ3v) is 5.33. The Morgan fingerprint density at radius 2 is 1.76 bits per heavy atom. The molecule has 0 aliphatic carbocycles. The maximum Gasteiger partial charge on any atom is 0.180 e. The van der Waals surface area contributed by atoms with Gasteiger partial charge in [-0.25, -0.2) is 8.42 Å². The molecule has 0 bridgehead atoms. The van der Waals surface area contributed by atoms with Gasteiger partial charge in [0.25, 0.3) is 0 Å². The fourth-order valence-electron chi connectivity index (χ4n) is 2.54. The van der Waals surface area contributed by atoms with Gasteiger partial charge in [0.15, 0.2) is 9.84 Å². The molecule has 0 fully saturated rings. The molecule has 0 saturated carbocycles. The summed E-state index contributed by atoms with van der Waals surface area (Å²) in [5, 5.41) is 3.26. The van der Waals surface area contributed by atoms with E-state index >= 15 is 0 Å². The zero-order valence-corrected chi connectivity index (χ0v) is 12.3. The molecular formula is C16H17NO3S. The van der Waals surface area contributed by atoms with Crippen molar-refractivity contribution in [3.63, 3.8) is 0 Å². The number of sulfone groups is 1. The van der Waals surface area contributed by atoms with Crippen LogP contribution >= 0.6 is 0 Å². The fourth-order valence-corrected chi connectivity index (χ4v) is 4.31. The number of para-hydroxylation sites is 1. The van der Waals surface area contributed by atoms with Gasteiger partial charge in [-0.3, -0.25) is 0 Å². The van der Waals surface area contributed by atoms with Gasteiger partial charge in [0.05, 0.1) is 10.6 Å². The van der Waals surface area contributed by atoms with Crippen LogP contribution in [0.5, 0.6) is 5.75 Å². The third-order valence-electron chi connectivity index (χ3n) is 3.52. The first-order chi connectivity index (χ1) is 10.2. The first-order valence-electron chi connectivity index (χ1n) is 6.90. The zero-order valence-electron chi connectivity index (χ0n) is 11.5. The first-order valence-corrected chi connectivity index (χ1v) is 8.55. The molecule has 4 nitrogen and oxygen atoms in total. The van der Waals surface area contributed by atoms with Crippen molar-refractivity contribution in [2.24, 2.45) is 0 Å². The van der Waals surface area contributed by atoms with Crippen molar-refractivity contribution in [3.05, 3.63) is 60.2 Å². The van der Waals surface area contributed by atoms with Crippen molar-refractivity contribution >= 4 is 9.84 Å². The van der Waals surface area contributed by atoms with E-state index in [2.05, 4.69) is 5.32 Å². The molecule has 21 heavy (non-hydrogen) atoms. The van der Waals surface area contributed by atoms with E-state index in [4.69, 9.17) is 4.74 Å². The molecule has 0 spiro atoms. The zero-order chi connectivity index (χ0) is 14.7. The van der Waals surface area contributed by atoms with E-state index in [-0.39, 0.29) is 11.8 Å². The largest absolute Gasteiger partial charge is 0.492 e. The molecule has 110 valence electrons. The van der Waals surface area contributed by atoms with Gasteiger partial charge in [0, 0.05) is 12.6 Å². The summed E-state index contributed by atoms with van der Waals surface area (Å²) in [7, 11) is -3.15. The summed E-state index contributed by atoms with van der Waals surface area (Å²) >= 11 is 0. The van der Waals surface area contributed by atoms with Gasteiger partial charge in [-0.2, -0.15) is 0 Å². The van der Waals surface area contributed by atoms with Crippen molar-refractivity contribution in [1.82, 2.24) is 5.32 Å². The molecule has 0 aromatic heterocycles. The van der Waals surface area contributed by atoms with E-state index in [0.717, 1.165) is 11.3 Å². The Morgan fingerprint density at radius 1 is 1.05 bits per heavy atom. The van der Waals surface area contributed by atoms with Crippen molar-refractivity contribution in [2.45, 2.75) is 10.9 Å². The average Bonchev–Trinajstić information content (AvgIpc) is 2.77. The van der Waals surface area contributed by atoms with Crippen molar-refractivity contribution in [1.29, 1.82) is 0 Å². The second-order valence-electron chi connectivity index (χ2n) is 4.99. The summed E-state index contributed by atoms with van der Waals surface area (Å²) in [5.41, 5.74) is 0.859. The van der Waals surface area contributed by atoms with Crippen LogP contribution in [0.25, 0.3) is 0 Å². The Balaban J connectivity index is 1.58. The second-order valence-corrected chi connectivity index (χ2v) is 6.99. The van der Waals surface area contributed by atoms with E-state index in [1.54, 1.807) is 12.1 Å². The molecule has 1 heterocycles. The number of fused-ring (bicyclic) bond motifs is 1. The molecule has 5 heteroatoms. The summed E-state index contributed by atoms with van der Waals surface area (Å²) in [4.78, 5) is 0.450. The summed E-state index contributed by atoms with van der Waals surface area (Å²) in [6, 6.07) is 16.6. The lowest BCUT2D eigenvalue weighted by atomic mass is 10.1. The number of hydrogen-bond acceptors (Lipinski definition) is 4.